The summed E-state index contributed by atoms with van der Waals surface area (Å²) in [5, 5.41) is 22.2. The molecule has 0 aromatic rings. The third kappa shape index (κ3) is 2.21. The van der Waals surface area contributed by atoms with Gasteiger partial charge in [0.2, 0.25) is 6.43 Å². The van der Waals surface area contributed by atoms with Crippen molar-refractivity contribution in [2.75, 3.05) is 6.54 Å². The lowest BCUT2D eigenvalue weighted by atomic mass is 9.80. The predicted octanol–water partition coefficient (Wildman–Crippen LogP) is -0.274. The van der Waals surface area contributed by atoms with E-state index in [2.05, 4.69) is 10.3 Å². The Kier molecular flexibility index (Phi) is 3.48. The molecule has 0 saturated heterocycles. The fourth-order valence-electron chi connectivity index (χ4n) is 2.30. The summed E-state index contributed by atoms with van der Waals surface area (Å²) >= 11 is 0. The molecule has 1 fully saturated rings. The topological polar surface area (TPSA) is 74.1 Å². The molecule has 7 heteroatoms. The van der Waals surface area contributed by atoms with Gasteiger partial charge in [0.1, 0.15) is 18.2 Å². The molecule has 0 aromatic heterocycles. The first-order valence-electron chi connectivity index (χ1n) is 5.67. The van der Waals surface area contributed by atoms with Crippen molar-refractivity contribution < 1.29 is 23.7 Å². The van der Waals surface area contributed by atoms with E-state index in [9.17, 15) is 19.0 Å². The third-order valence-corrected chi connectivity index (χ3v) is 3.20. The van der Waals surface area contributed by atoms with Crippen LogP contribution in [0.2, 0.25) is 0 Å². The third-order valence-electron chi connectivity index (χ3n) is 3.20. The zero-order valence-corrected chi connectivity index (χ0v) is 9.38. The molecule has 0 radical (unpaired) electrons. The van der Waals surface area contributed by atoms with Gasteiger partial charge in [0.25, 0.3) is 6.02 Å². The maximum absolute atomic E-state index is 12.7. The highest BCUT2D eigenvalue weighted by Gasteiger charge is 2.50. The largest absolute Gasteiger partial charge is 0.460 e. The molecule has 17 heavy (non-hydrogen) atoms. The summed E-state index contributed by atoms with van der Waals surface area (Å²) in [4.78, 5) is 4.05. The molecule has 3 N–H and O–H groups in total. The Hall–Kier alpha value is -0.950. The summed E-state index contributed by atoms with van der Waals surface area (Å²) in [6.07, 6.45) is -6.01. The Bertz CT molecular complexity index is 314. The molecule has 1 heterocycles. The first-order chi connectivity index (χ1) is 8.04. The minimum atomic E-state index is -2.67. The molecular weight excluding hydrogens is 234 g/mol. The number of alkyl halides is 2. The summed E-state index contributed by atoms with van der Waals surface area (Å²) in [7, 11) is 0. The molecule has 1 aliphatic heterocycles. The van der Waals surface area contributed by atoms with Gasteiger partial charge in [-0.3, -0.25) is 0 Å². The van der Waals surface area contributed by atoms with E-state index < -0.39 is 36.7 Å². The molecule has 0 bridgehead atoms. The van der Waals surface area contributed by atoms with Gasteiger partial charge in [-0.05, 0) is 13.3 Å². The molecule has 0 aromatic carbocycles. The number of nitrogens with one attached hydrogen (secondary N) is 1. The van der Waals surface area contributed by atoms with Crippen LogP contribution in [0, 0.1) is 5.92 Å². The Morgan fingerprint density at radius 3 is 2.76 bits per heavy atom. The van der Waals surface area contributed by atoms with Crippen molar-refractivity contribution in [3.63, 3.8) is 0 Å². The smallest absolute Gasteiger partial charge is 0.285 e. The van der Waals surface area contributed by atoms with Crippen LogP contribution in [-0.2, 0) is 4.74 Å². The lowest BCUT2D eigenvalue weighted by molar-refractivity contribution is -0.123. The highest BCUT2D eigenvalue weighted by atomic mass is 19.3. The molecule has 5 nitrogen and oxygen atoms in total. The van der Waals surface area contributed by atoms with Crippen molar-refractivity contribution in [1.29, 1.82) is 0 Å². The predicted molar refractivity (Wildman–Crippen MR) is 55.9 cm³/mol. The standard InChI is InChI=1S/C10H16F2N2O3/c1-2-13-10-14-6-5(17-10)3-4(9(11)12)7(15)8(6)16/h4-9,15-16H,2-3H2,1H3,(H,13,14)/t4-,5-,6-,7+,8+/m0/s1. The number of ether oxygens (including phenoxy) is 1. The van der Waals surface area contributed by atoms with Gasteiger partial charge < -0.3 is 20.3 Å². The highest BCUT2D eigenvalue weighted by molar-refractivity contribution is 5.75. The average molecular weight is 250 g/mol. The Morgan fingerprint density at radius 1 is 1.47 bits per heavy atom. The van der Waals surface area contributed by atoms with E-state index in [1.54, 1.807) is 0 Å². The first kappa shape index (κ1) is 12.5. The van der Waals surface area contributed by atoms with Crippen molar-refractivity contribution in [3.05, 3.63) is 0 Å². The Morgan fingerprint density at radius 2 is 2.18 bits per heavy atom. The summed E-state index contributed by atoms with van der Waals surface area (Å²) in [6, 6.07) is -0.405. The van der Waals surface area contributed by atoms with E-state index in [1.165, 1.54) is 0 Å². The number of hydrogen-bond donors (Lipinski definition) is 3. The van der Waals surface area contributed by atoms with Crippen LogP contribution >= 0.6 is 0 Å². The molecule has 2 rings (SSSR count). The Balaban J connectivity index is 2.10. The van der Waals surface area contributed by atoms with Crippen LogP contribution in [0.4, 0.5) is 8.78 Å². The Labute approximate surface area is 97.5 Å². The second-order valence-electron chi connectivity index (χ2n) is 4.33. The summed E-state index contributed by atoms with van der Waals surface area (Å²) < 4.78 is 30.7. The van der Waals surface area contributed by atoms with Gasteiger partial charge in [-0.25, -0.2) is 13.8 Å². The van der Waals surface area contributed by atoms with E-state index in [0.29, 0.717) is 6.54 Å². The van der Waals surface area contributed by atoms with Crippen molar-refractivity contribution in [2.45, 2.75) is 44.1 Å². The van der Waals surface area contributed by atoms with Gasteiger partial charge in [-0.15, -0.1) is 0 Å². The van der Waals surface area contributed by atoms with Gasteiger partial charge in [0.15, 0.2) is 0 Å². The van der Waals surface area contributed by atoms with Crippen molar-refractivity contribution in [2.24, 2.45) is 10.9 Å². The van der Waals surface area contributed by atoms with Crippen LogP contribution in [0.3, 0.4) is 0 Å². The first-order valence-corrected chi connectivity index (χ1v) is 5.67. The highest BCUT2D eigenvalue weighted by Crippen LogP contribution is 2.35. The van der Waals surface area contributed by atoms with Crippen LogP contribution in [0.25, 0.3) is 0 Å². The normalized spacial score (nSPS) is 40.8. The molecule has 2 aliphatic rings. The molecule has 0 amide bonds. The van der Waals surface area contributed by atoms with Gasteiger partial charge in [-0.2, -0.15) is 0 Å². The maximum atomic E-state index is 12.7. The maximum Gasteiger partial charge on any atom is 0.285 e. The number of amidine groups is 1. The number of hydrogen-bond acceptors (Lipinski definition) is 5. The average Bonchev–Trinajstić information content (AvgIpc) is 2.66. The number of aliphatic imine (C=N–C) groups is 1. The lowest BCUT2D eigenvalue weighted by Crippen LogP contribution is -2.53. The molecule has 1 saturated carbocycles. The van der Waals surface area contributed by atoms with Gasteiger partial charge in [0, 0.05) is 6.54 Å². The van der Waals surface area contributed by atoms with Gasteiger partial charge in [-0.1, -0.05) is 0 Å². The molecular formula is C10H16F2N2O3. The number of fused-ring (bicyclic) bond motifs is 1. The number of rotatable bonds is 2. The quantitative estimate of drug-likeness (QED) is 0.630. The summed E-state index contributed by atoms with van der Waals surface area (Å²) in [5.74, 6) is -1.26. The van der Waals surface area contributed by atoms with Crippen LogP contribution < -0.4 is 5.32 Å². The monoisotopic (exact) mass is 250 g/mol. The molecule has 1 aliphatic carbocycles. The van der Waals surface area contributed by atoms with Crippen molar-refractivity contribution >= 4 is 6.02 Å². The number of aliphatic hydroxyl groups excluding tert-OH is 2. The number of aliphatic hydroxyl groups is 2. The summed E-state index contributed by atoms with van der Waals surface area (Å²) in [5.41, 5.74) is 0. The fourth-order valence-corrected chi connectivity index (χ4v) is 2.30. The van der Waals surface area contributed by atoms with E-state index in [0.717, 1.165) is 0 Å². The second kappa shape index (κ2) is 4.73. The zero-order valence-electron chi connectivity index (χ0n) is 9.38. The van der Waals surface area contributed by atoms with Crippen molar-refractivity contribution in [3.8, 4) is 0 Å². The van der Waals surface area contributed by atoms with Crippen LogP contribution in [-0.4, -0.2) is 53.6 Å². The number of nitrogens with zero attached hydrogens (tertiary/aromatic N) is 1. The van der Waals surface area contributed by atoms with Crippen LogP contribution in [0.15, 0.2) is 4.99 Å². The minimum Gasteiger partial charge on any atom is -0.460 e. The minimum absolute atomic E-state index is 0.00104. The molecule has 5 atom stereocenters. The van der Waals surface area contributed by atoms with Gasteiger partial charge in [0.05, 0.1) is 12.0 Å². The number of halogens is 2. The lowest BCUT2D eigenvalue weighted by Gasteiger charge is -2.37. The van der Waals surface area contributed by atoms with E-state index >= 15 is 0 Å². The molecule has 98 valence electrons. The fraction of sp³-hybridized carbons (Fsp3) is 0.900. The van der Waals surface area contributed by atoms with Gasteiger partial charge >= 0.3 is 0 Å². The van der Waals surface area contributed by atoms with Crippen molar-refractivity contribution in [1.82, 2.24) is 5.32 Å². The van der Waals surface area contributed by atoms with Crippen LogP contribution in [0.1, 0.15) is 13.3 Å². The van der Waals surface area contributed by atoms with E-state index in [1.807, 2.05) is 6.92 Å². The second-order valence-corrected chi connectivity index (χ2v) is 4.33. The zero-order chi connectivity index (χ0) is 12.6. The molecule has 0 unspecified atom stereocenters. The molecule has 0 spiro atoms. The van der Waals surface area contributed by atoms with Crippen LogP contribution in [0.5, 0.6) is 0 Å². The van der Waals surface area contributed by atoms with E-state index in [-0.39, 0.29) is 12.4 Å². The SMILES string of the molecule is CCNC1=N[C@@H]2[C@@H](O)[C@H](O)[C@@H](C(F)F)C[C@@H]2O1. The van der Waals surface area contributed by atoms with E-state index in [4.69, 9.17) is 4.74 Å². The summed E-state index contributed by atoms with van der Waals surface area (Å²) in [6.45, 7) is 2.44.